The Morgan fingerprint density at radius 1 is 1.47 bits per heavy atom. The van der Waals surface area contributed by atoms with Crippen LogP contribution >= 0.6 is 0 Å². The lowest BCUT2D eigenvalue weighted by Gasteiger charge is -2.12. The van der Waals surface area contributed by atoms with Crippen LogP contribution in [0.2, 0.25) is 0 Å². The van der Waals surface area contributed by atoms with Crippen LogP contribution in [-0.2, 0) is 0 Å². The zero-order valence-corrected chi connectivity index (χ0v) is 10.1. The van der Waals surface area contributed by atoms with E-state index in [0.29, 0.717) is 16.6 Å². The number of non-ortho nitro benzene ring substituents is 1. The van der Waals surface area contributed by atoms with E-state index in [9.17, 15) is 15.2 Å². The average molecular weight is 262 g/mol. The summed E-state index contributed by atoms with van der Waals surface area (Å²) in [6, 6.07) is 6.29. The zero-order valence-electron chi connectivity index (χ0n) is 10.1. The van der Waals surface area contributed by atoms with Gasteiger partial charge < -0.3 is 16.2 Å². The minimum Gasteiger partial charge on any atom is -0.390 e. The molecule has 19 heavy (non-hydrogen) atoms. The van der Waals surface area contributed by atoms with Crippen LogP contribution in [0, 0.1) is 10.1 Å². The van der Waals surface area contributed by atoms with E-state index in [1.807, 2.05) is 0 Å². The van der Waals surface area contributed by atoms with Crippen molar-refractivity contribution in [1.29, 1.82) is 0 Å². The first kappa shape index (κ1) is 13.2. The normalized spacial score (nSPS) is 12.3. The number of nitro groups is 1. The van der Waals surface area contributed by atoms with Gasteiger partial charge in [0.15, 0.2) is 0 Å². The van der Waals surface area contributed by atoms with E-state index in [0.717, 1.165) is 0 Å². The van der Waals surface area contributed by atoms with Crippen molar-refractivity contribution in [1.82, 2.24) is 4.98 Å². The summed E-state index contributed by atoms with van der Waals surface area (Å²) in [6.45, 7) is 0.408. The molecule has 0 aliphatic carbocycles. The summed E-state index contributed by atoms with van der Waals surface area (Å²) in [5, 5.41) is 23.8. The Morgan fingerprint density at radius 2 is 2.26 bits per heavy atom. The minimum atomic E-state index is -0.672. The Balaban J connectivity index is 2.41. The lowest BCUT2D eigenvalue weighted by atomic mass is 10.1. The lowest BCUT2D eigenvalue weighted by Crippen LogP contribution is -2.27. The molecule has 0 radical (unpaired) electrons. The molecular formula is C12H14N4O3. The van der Waals surface area contributed by atoms with Crippen LogP contribution in [0.3, 0.4) is 0 Å². The molecule has 2 rings (SSSR count). The Hall–Kier alpha value is -2.25. The van der Waals surface area contributed by atoms with Gasteiger partial charge in [0.25, 0.3) is 5.69 Å². The summed E-state index contributed by atoms with van der Waals surface area (Å²) < 4.78 is 0. The second-order valence-electron chi connectivity index (χ2n) is 4.06. The van der Waals surface area contributed by atoms with Crippen LogP contribution in [0.15, 0.2) is 30.5 Å². The van der Waals surface area contributed by atoms with Crippen LogP contribution < -0.4 is 11.1 Å². The summed E-state index contributed by atoms with van der Waals surface area (Å²) in [7, 11) is 0. The molecule has 1 aromatic carbocycles. The van der Waals surface area contributed by atoms with Crippen molar-refractivity contribution < 1.29 is 10.0 Å². The summed E-state index contributed by atoms with van der Waals surface area (Å²) in [4.78, 5) is 14.6. The third-order valence-corrected chi connectivity index (χ3v) is 2.74. The van der Waals surface area contributed by atoms with Gasteiger partial charge in [-0.25, -0.2) is 0 Å². The van der Waals surface area contributed by atoms with Crippen LogP contribution in [0.25, 0.3) is 10.9 Å². The third-order valence-electron chi connectivity index (χ3n) is 2.74. The van der Waals surface area contributed by atoms with Crippen molar-refractivity contribution in [3.8, 4) is 0 Å². The van der Waals surface area contributed by atoms with Gasteiger partial charge in [-0.05, 0) is 18.2 Å². The van der Waals surface area contributed by atoms with Crippen molar-refractivity contribution in [2.45, 2.75) is 6.10 Å². The molecule has 0 saturated heterocycles. The molecule has 0 aliphatic rings. The lowest BCUT2D eigenvalue weighted by molar-refractivity contribution is -0.383. The minimum absolute atomic E-state index is 0.00743. The van der Waals surface area contributed by atoms with Crippen molar-refractivity contribution in [2.24, 2.45) is 5.73 Å². The molecule has 1 aromatic heterocycles. The largest absolute Gasteiger partial charge is 0.390 e. The molecule has 0 spiro atoms. The first-order valence-corrected chi connectivity index (χ1v) is 5.77. The van der Waals surface area contributed by atoms with E-state index < -0.39 is 11.0 Å². The van der Waals surface area contributed by atoms with E-state index >= 15 is 0 Å². The van der Waals surface area contributed by atoms with E-state index in [-0.39, 0.29) is 18.8 Å². The van der Waals surface area contributed by atoms with Gasteiger partial charge in [0.2, 0.25) is 0 Å². The number of aliphatic hydroxyl groups is 1. The number of benzene rings is 1. The molecule has 7 nitrogen and oxygen atoms in total. The highest BCUT2D eigenvalue weighted by molar-refractivity contribution is 5.96. The Morgan fingerprint density at radius 3 is 2.95 bits per heavy atom. The molecule has 1 heterocycles. The highest BCUT2D eigenvalue weighted by atomic mass is 16.6. The van der Waals surface area contributed by atoms with E-state index in [1.54, 1.807) is 24.4 Å². The number of nitro benzene ring substituents is 1. The number of aromatic nitrogens is 1. The highest BCUT2D eigenvalue weighted by Crippen LogP contribution is 2.29. The van der Waals surface area contributed by atoms with Gasteiger partial charge in [0.05, 0.1) is 22.1 Å². The van der Waals surface area contributed by atoms with Crippen molar-refractivity contribution in [3.63, 3.8) is 0 Å². The summed E-state index contributed by atoms with van der Waals surface area (Å²) in [5.41, 5.74) is 6.46. The van der Waals surface area contributed by atoms with Gasteiger partial charge >= 0.3 is 0 Å². The second kappa shape index (κ2) is 5.59. The van der Waals surface area contributed by atoms with Crippen LogP contribution in [0.4, 0.5) is 11.4 Å². The van der Waals surface area contributed by atoms with Crippen molar-refractivity contribution in [3.05, 3.63) is 40.6 Å². The molecule has 0 bridgehead atoms. The fourth-order valence-corrected chi connectivity index (χ4v) is 1.77. The SMILES string of the molecule is NC[C@@H](O)CNc1ccc([N+](=O)[O-])c2cccnc12. The number of aliphatic hydroxyl groups excluding tert-OH is 1. The van der Waals surface area contributed by atoms with Crippen LogP contribution in [-0.4, -0.2) is 34.2 Å². The molecular weight excluding hydrogens is 248 g/mol. The van der Waals surface area contributed by atoms with Crippen molar-refractivity contribution in [2.75, 3.05) is 18.4 Å². The number of anilines is 1. The number of pyridine rings is 1. The maximum Gasteiger partial charge on any atom is 0.278 e. The van der Waals surface area contributed by atoms with Gasteiger partial charge in [0, 0.05) is 25.4 Å². The van der Waals surface area contributed by atoms with Crippen molar-refractivity contribution >= 4 is 22.3 Å². The average Bonchev–Trinajstić information content (AvgIpc) is 2.43. The number of fused-ring (bicyclic) bond motifs is 1. The van der Waals surface area contributed by atoms with Gasteiger partial charge in [-0.3, -0.25) is 15.1 Å². The first-order chi connectivity index (χ1) is 9.13. The first-order valence-electron chi connectivity index (χ1n) is 5.77. The third kappa shape index (κ3) is 2.78. The maximum absolute atomic E-state index is 10.9. The standard InChI is InChI=1S/C12H14N4O3/c13-6-8(17)7-15-10-3-4-11(16(18)19)9-2-1-5-14-12(9)10/h1-5,8,15,17H,6-7,13H2/t8-/m1/s1. The summed E-state index contributed by atoms with van der Waals surface area (Å²) in [5.74, 6) is 0. The maximum atomic E-state index is 10.9. The molecule has 0 amide bonds. The predicted octanol–water partition coefficient (Wildman–Crippen LogP) is 0.875. The predicted molar refractivity (Wildman–Crippen MR) is 71.9 cm³/mol. The Kier molecular flexibility index (Phi) is 3.88. The monoisotopic (exact) mass is 262 g/mol. The van der Waals surface area contributed by atoms with Gasteiger partial charge in [-0.1, -0.05) is 0 Å². The molecule has 4 N–H and O–H groups in total. The fourth-order valence-electron chi connectivity index (χ4n) is 1.77. The van der Waals surface area contributed by atoms with Gasteiger partial charge in [-0.15, -0.1) is 0 Å². The number of hydrogen-bond donors (Lipinski definition) is 3. The number of nitrogens with two attached hydrogens (primary N) is 1. The molecule has 7 heteroatoms. The summed E-state index contributed by atoms with van der Waals surface area (Å²) in [6.07, 6.45) is 0.894. The molecule has 100 valence electrons. The molecule has 0 aliphatic heterocycles. The smallest absolute Gasteiger partial charge is 0.278 e. The van der Waals surface area contributed by atoms with E-state index in [4.69, 9.17) is 5.73 Å². The molecule has 2 aromatic rings. The quantitative estimate of drug-likeness (QED) is 0.544. The van der Waals surface area contributed by atoms with Gasteiger partial charge in [-0.2, -0.15) is 0 Å². The molecule has 0 saturated carbocycles. The van der Waals surface area contributed by atoms with Crippen LogP contribution in [0.5, 0.6) is 0 Å². The topological polar surface area (TPSA) is 114 Å². The molecule has 0 fully saturated rings. The van der Waals surface area contributed by atoms with E-state index in [2.05, 4.69) is 10.3 Å². The Labute approximate surface area is 109 Å². The molecule has 1 atom stereocenters. The fraction of sp³-hybridized carbons (Fsp3) is 0.250. The van der Waals surface area contributed by atoms with E-state index in [1.165, 1.54) is 6.07 Å². The number of nitrogens with one attached hydrogen (secondary N) is 1. The summed E-state index contributed by atoms with van der Waals surface area (Å²) >= 11 is 0. The second-order valence-corrected chi connectivity index (χ2v) is 4.06. The zero-order chi connectivity index (χ0) is 13.8. The Bertz CT molecular complexity index is 603. The number of rotatable bonds is 5. The highest BCUT2D eigenvalue weighted by Gasteiger charge is 2.15. The number of nitrogens with zero attached hydrogens (tertiary/aromatic N) is 2. The van der Waals surface area contributed by atoms with Crippen LogP contribution in [0.1, 0.15) is 0 Å². The molecule has 0 unspecified atom stereocenters. The van der Waals surface area contributed by atoms with Gasteiger partial charge in [0.1, 0.15) is 5.52 Å². The number of hydrogen-bond acceptors (Lipinski definition) is 6.